The third-order valence-electron chi connectivity index (χ3n) is 4.06. The summed E-state index contributed by atoms with van der Waals surface area (Å²) in [5.74, 6) is -0.114. The number of carbonyl (C=O) groups is 2. The van der Waals surface area contributed by atoms with E-state index in [4.69, 9.17) is 9.47 Å². The number of carboxylic acids is 1. The molecule has 0 spiro atoms. The van der Waals surface area contributed by atoms with Crippen LogP contribution in [0.3, 0.4) is 0 Å². The Kier molecular flexibility index (Phi) is 8.73. The molecule has 7 nitrogen and oxygen atoms in total. The van der Waals surface area contributed by atoms with Gasteiger partial charge in [0.15, 0.2) is 0 Å². The van der Waals surface area contributed by atoms with Gasteiger partial charge in [0.05, 0.1) is 12.7 Å². The van der Waals surface area contributed by atoms with Crippen molar-refractivity contribution in [1.82, 2.24) is 10.2 Å². The lowest BCUT2D eigenvalue weighted by atomic mass is 10.2. The molecule has 0 aliphatic carbocycles. The normalized spacial score (nSPS) is 18.9. The number of carboxylic acid groups (broad SMARTS) is 1. The summed E-state index contributed by atoms with van der Waals surface area (Å²) in [6, 6.07) is 8.25. The van der Waals surface area contributed by atoms with Crippen LogP contribution in [0.5, 0.6) is 0 Å². The SMILES string of the molecule is CCN1CCOC(CSCC(NC(=O)OCc2ccccc2)C(=O)O)C1. The molecule has 1 saturated heterocycles. The highest BCUT2D eigenvalue weighted by molar-refractivity contribution is 7.99. The van der Waals surface area contributed by atoms with Crippen molar-refractivity contribution in [2.75, 3.05) is 37.7 Å². The lowest BCUT2D eigenvalue weighted by Crippen LogP contribution is -2.45. The van der Waals surface area contributed by atoms with Crippen LogP contribution in [0.1, 0.15) is 12.5 Å². The van der Waals surface area contributed by atoms with Gasteiger partial charge in [0.1, 0.15) is 12.6 Å². The molecular formula is C18H26N2O5S. The summed E-state index contributed by atoms with van der Waals surface area (Å²) in [7, 11) is 0. The van der Waals surface area contributed by atoms with Crippen molar-refractivity contribution in [2.45, 2.75) is 25.7 Å². The van der Waals surface area contributed by atoms with E-state index in [-0.39, 0.29) is 18.5 Å². The molecule has 1 aliphatic rings. The molecule has 26 heavy (non-hydrogen) atoms. The topological polar surface area (TPSA) is 88.1 Å². The van der Waals surface area contributed by atoms with Gasteiger partial charge >= 0.3 is 12.1 Å². The van der Waals surface area contributed by atoms with E-state index in [9.17, 15) is 14.7 Å². The number of alkyl carbamates (subject to hydrolysis) is 1. The van der Waals surface area contributed by atoms with Crippen LogP contribution >= 0.6 is 11.8 Å². The number of aliphatic carboxylic acids is 1. The number of rotatable bonds is 9. The van der Waals surface area contributed by atoms with Gasteiger partial charge in [-0.2, -0.15) is 11.8 Å². The van der Waals surface area contributed by atoms with Crippen LogP contribution in [0.2, 0.25) is 0 Å². The van der Waals surface area contributed by atoms with Crippen molar-refractivity contribution in [1.29, 1.82) is 0 Å². The third-order valence-corrected chi connectivity index (χ3v) is 5.24. The molecule has 1 amide bonds. The number of ether oxygens (including phenoxy) is 2. The van der Waals surface area contributed by atoms with Gasteiger partial charge in [-0.3, -0.25) is 4.90 Å². The van der Waals surface area contributed by atoms with E-state index in [1.54, 1.807) is 0 Å². The van der Waals surface area contributed by atoms with Gasteiger partial charge in [0, 0.05) is 24.6 Å². The molecule has 2 unspecified atom stereocenters. The Hall–Kier alpha value is -1.77. The van der Waals surface area contributed by atoms with E-state index in [1.807, 2.05) is 30.3 Å². The van der Waals surface area contributed by atoms with Gasteiger partial charge in [-0.05, 0) is 12.1 Å². The Balaban J connectivity index is 1.70. The van der Waals surface area contributed by atoms with Crippen LogP contribution in [0.25, 0.3) is 0 Å². The Morgan fingerprint density at radius 2 is 2.19 bits per heavy atom. The standard InChI is InChI=1S/C18H26N2O5S/c1-2-20-8-9-24-15(10-20)12-26-13-16(17(21)22)19-18(23)25-11-14-6-4-3-5-7-14/h3-7,15-16H,2,8-13H2,1H3,(H,19,23)(H,21,22). The first-order chi connectivity index (χ1) is 12.6. The Bertz CT molecular complexity index is 572. The Morgan fingerprint density at radius 1 is 1.42 bits per heavy atom. The van der Waals surface area contributed by atoms with Crippen molar-refractivity contribution in [2.24, 2.45) is 0 Å². The first-order valence-corrected chi connectivity index (χ1v) is 9.85. The maximum atomic E-state index is 11.8. The Labute approximate surface area is 158 Å². The number of thioether (sulfide) groups is 1. The highest BCUT2D eigenvalue weighted by Gasteiger charge is 2.23. The molecule has 1 heterocycles. The van der Waals surface area contributed by atoms with Crippen molar-refractivity contribution in [3.63, 3.8) is 0 Å². The second kappa shape index (κ2) is 11.1. The lowest BCUT2D eigenvalue weighted by Gasteiger charge is -2.32. The predicted molar refractivity (Wildman–Crippen MR) is 100 cm³/mol. The molecule has 0 saturated carbocycles. The second-order valence-electron chi connectivity index (χ2n) is 6.02. The minimum atomic E-state index is -1.08. The summed E-state index contributed by atoms with van der Waals surface area (Å²) in [5.41, 5.74) is 0.846. The maximum Gasteiger partial charge on any atom is 0.408 e. The van der Waals surface area contributed by atoms with Crippen LogP contribution in [0.15, 0.2) is 30.3 Å². The number of benzene rings is 1. The average Bonchev–Trinajstić information content (AvgIpc) is 2.66. The van der Waals surface area contributed by atoms with Gasteiger partial charge in [0.25, 0.3) is 0 Å². The molecule has 1 aliphatic heterocycles. The molecular weight excluding hydrogens is 356 g/mol. The van der Waals surface area contributed by atoms with Crippen molar-refractivity contribution >= 4 is 23.8 Å². The van der Waals surface area contributed by atoms with Crippen LogP contribution in [0.4, 0.5) is 4.79 Å². The van der Waals surface area contributed by atoms with Gasteiger partial charge in [-0.25, -0.2) is 9.59 Å². The van der Waals surface area contributed by atoms with E-state index in [0.717, 1.165) is 25.2 Å². The van der Waals surface area contributed by atoms with E-state index < -0.39 is 18.1 Å². The number of likely N-dealkylation sites (N-methyl/N-ethyl adjacent to an activating group) is 1. The number of hydrogen-bond acceptors (Lipinski definition) is 6. The summed E-state index contributed by atoms with van der Waals surface area (Å²) in [6.45, 7) is 5.69. The highest BCUT2D eigenvalue weighted by Crippen LogP contribution is 2.13. The largest absolute Gasteiger partial charge is 0.480 e. The zero-order chi connectivity index (χ0) is 18.8. The molecule has 8 heteroatoms. The van der Waals surface area contributed by atoms with E-state index in [2.05, 4.69) is 17.1 Å². The van der Waals surface area contributed by atoms with Crippen LogP contribution in [-0.4, -0.2) is 72.0 Å². The second-order valence-corrected chi connectivity index (χ2v) is 7.10. The van der Waals surface area contributed by atoms with Gasteiger partial charge in [-0.15, -0.1) is 0 Å². The fourth-order valence-corrected chi connectivity index (χ4v) is 3.63. The molecule has 2 rings (SSSR count). The summed E-state index contributed by atoms with van der Waals surface area (Å²) in [4.78, 5) is 25.5. The number of carbonyl (C=O) groups excluding carboxylic acids is 1. The summed E-state index contributed by atoms with van der Waals surface area (Å²) < 4.78 is 10.8. The molecule has 144 valence electrons. The summed E-state index contributed by atoms with van der Waals surface area (Å²) >= 11 is 1.46. The molecule has 1 aromatic rings. The van der Waals surface area contributed by atoms with E-state index in [0.29, 0.717) is 12.4 Å². The molecule has 2 atom stereocenters. The highest BCUT2D eigenvalue weighted by atomic mass is 32.2. The monoisotopic (exact) mass is 382 g/mol. The number of morpholine rings is 1. The minimum Gasteiger partial charge on any atom is -0.480 e. The van der Waals surface area contributed by atoms with Crippen LogP contribution < -0.4 is 5.32 Å². The fourth-order valence-electron chi connectivity index (χ4n) is 2.57. The van der Waals surface area contributed by atoms with Gasteiger partial charge in [-0.1, -0.05) is 37.3 Å². The third kappa shape index (κ3) is 7.23. The van der Waals surface area contributed by atoms with Crippen LogP contribution in [0, 0.1) is 0 Å². The zero-order valence-corrected chi connectivity index (χ0v) is 15.7. The lowest BCUT2D eigenvalue weighted by molar-refractivity contribution is -0.138. The molecule has 1 fully saturated rings. The molecule has 0 radical (unpaired) electrons. The predicted octanol–water partition coefficient (Wildman–Crippen LogP) is 1.82. The van der Waals surface area contributed by atoms with Crippen molar-refractivity contribution < 1.29 is 24.2 Å². The Morgan fingerprint density at radius 3 is 2.88 bits per heavy atom. The summed E-state index contributed by atoms with van der Waals surface area (Å²) in [5, 5.41) is 11.7. The zero-order valence-electron chi connectivity index (χ0n) is 14.9. The van der Waals surface area contributed by atoms with Crippen molar-refractivity contribution in [3.05, 3.63) is 35.9 Å². The maximum absolute atomic E-state index is 11.8. The quantitative estimate of drug-likeness (QED) is 0.673. The van der Waals surface area contributed by atoms with Gasteiger partial charge < -0.3 is 19.9 Å². The average molecular weight is 382 g/mol. The number of nitrogens with zero attached hydrogens (tertiary/aromatic N) is 1. The number of nitrogens with one attached hydrogen (secondary N) is 1. The van der Waals surface area contributed by atoms with E-state index >= 15 is 0 Å². The molecule has 1 aromatic carbocycles. The first kappa shape index (κ1) is 20.5. The van der Waals surface area contributed by atoms with E-state index in [1.165, 1.54) is 11.8 Å². The number of amides is 1. The molecule has 0 bridgehead atoms. The van der Waals surface area contributed by atoms with Crippen LogP contribution in [-0.2, 0) is 20.9 Å². The first-order valence-electron chi connectivity index (χ1n) is 8.70. The fraction of sp³-hybridized carbons (Fsp3) is 0.556. The molecule has 0 aromatic heterocycles. The smallest absolute Gasteiger partial charge is 0.408 e. The number of hydrogen-bond donors (Lipinski definition) is 2. The van der Waals surface area contributed by atoms with Gasteiger partial charge in [0.2, 0.25) is 0 Å². The van der Waals surface area contributed by atoms with Crippen molar-refractivity contribution in [3.8, 4) is 0 Å². The molecule has 2 N–H and O–H groups in total. The summed E-state index contributed by atoms with van der Waals surface area (Å²) in [6.07, 6.45) is -0.638. The minimum absolute atomic E-state index is 0.0909.